The second-order valence-electron chi connectivity index (χ2n) is 4.79. The van der Waals surface area contributed by atoms with Crippen molar-refractivity contribution in [3.63, 3.8) is 0 Å². The summed E-state index contributed by atoms with van der Waals surface area (Å²) in [5, 5.41) is 8.48. The van der Waals surface area contributed by atoms with Crippen LogP contribution in [0, 0.1) is 0 Å². The van der Waals surface area contributed by atoms with Crippen molar-refractivity contribution in [3.05, 3.63) is 52.7 Å². The molecule has 1 heterocycles. The van der Waals surface area contributed by atoms with Gasteiger partial charge in [0.2, 0.25) is 0 Å². The highest BCUT2D eigenvalue weighted by Crippen LogP contribution is 2.29. The Morgan fingerprint density at radius 2 is 2.05 bits per heavy atom. The lowest BCUT2D eigenvalue weighted by Crippen LogP contribution is -2.35. The minimum Gasteiger partial charge on any atom is -0.342 e. The van der Waals surface area contributed by atoms with E-state index in [-0.39, 0.29) is 0 Å². The summed E-state index contributed by atoms with van der Waals surface area (Å²) in [5.41, 5.74) is 2.40. The van der Waals surface area contributed by atoms with Gasteiger partial charge < -0.3 is 10.2 Å². The van der Waals surface area contributed by atoms with Crippen LogP contribution in [0.25, 0.3) is 0 Å². The quantitative estimate of drug-likeness (QED) is 0.852. The largest absolute Gasteiger partial charge is 0.342 e. The highest BCUT2D eigenvalue weighted by Gasteiger charge is 2.30. The third kappa shape index (κ3) is 3.33. The van der Waals surface area contributed by atoms with E-state index in [4.69, 9.17) is 12.2 Å². The van der Waals surface area contributed by atoms with Crippen molar-refractivity contribution in [2.45, 2.75) is 25.4 Å². The van der Waals surface area contributed by atoms with Crippen LogP contribution in [0.2, 0.25) is 0 Å². The number of para-hydroxylation sites is 1. The molecule has 2 aromatic rings. The first kappa shape index (κ1) is 12.6. The Morgan fingerprint density at radius 3 is 2.68 bits per heavy atom. The predicted molar refractivity (Wildman–Crippen MR) is 85.5 cm³/mol. The minimum absolute atomic E-state index is 0.614. The average molecular weight is 288 g/mol. The number of rotatable bonds is 4. The van der Waals surface area contributed by atoms with Crippen LogP contribution in [0.4, 0.5) is 5.69 Å². The van der Waals surface area contributed by atoms with Gasteiger partial charge in [0.05, 0.1) is 0 Å². The Kier molecular flexibility index (Phi) is 3.80. The Balaban J connectivity index is 1.68. The van der Waals surface area contributed by atoms with Gasteiger partial charge in [0.25, 0.3) is 0 Å². The molecule has 0 spiro atoms. The molecule has 1 aromatic heterocycles. The summed E-state index contributed by atoms with van der Waals surface area (Å²) in [6, 6.07) is 12.9. The fourth-order valence-electron chi connectivity index (χ4n) is 2.05. The van der Waals surface area contributed by atoms with Crippen molar-refractivity contribution in [2.75, 3.05) is 5.32 Å². The number of hydrogen-bond donors (Lipinski definition) is 1. The van der Waals surface area contributed by atoms with Crippen LogP contribution in [-0.2, 0) is 6.54 Å². The number of thiocarbonyl (C=S) groups is 1. The van der Waals surface area contributed by atoms with Gasteiger partial charge in [-0.3, -0.25) is 0 Å². The summed E-state index contributed by atoms with van der Waals surface area (Å²) in [5.74, 6) is 0. The van der Waals surface area contributed by atoms with E-state index in [0.717, 1.165) is 17.3 Å². The van der Waals surface area contributed by atoms with Crippen LogP contribution < -0.4 is 5.32 Å². The molecule has 0 atom stereocenters. The Labute approximate surface area is 123 Å². The molecule has 0 aliphatic heterocycles. The molecule has 19 heavy (non-hydrogen) atoms. The van der Waals surface area contributed by atoms with Gasteiger partial charge in [-0.05, 0) is 59.6 Å². The molecular formula is C15H16N2S2. The highest BCUT2D eigenvalue weighted by atomic mass is 32.1. The fourth-order valence-corrected chi connectivity index (χ4v) is 3.04. The lowest BCUT2D eigenvalue weighted by molar-refractivity contribution is 0.410. The van der Waals surface area contributed by atoms with Crippen molar-refractivity contribution in [2.24, 2.45) is 0 Å². The van der Waals surface area contributed by atoms with Gasteiger partial charge in [0, 0.05) is 18.3 Å². The highest BCUT2D eigenvalue weighted by molar-refractivity contribution is 7.80. The van der Waals surface area contributed by atoms with Crippen LogP contribution in [0.15, 0.2) is 47.2 Å². The van der Waals surface area contributed by atoms with E-state index >= 15 is 0 Å². The van der Waals surface area contributed by atoms with Gasteiger partial charge in [-0.1, -0.05) is 18.2 Å². The monoisotopic (exact) mass is 288 g/mol. The molecular weight excluding hydrogens is 272 g/mol. The number of anilines is 1. The Morgan fingerprint density at radius 1 is 1.26 bits per heavy atom. The number of nitrogens with one attached hydrogen (secondary N) is 1. The van der Waals surface area contributed by atoms with E-state index in [1.807, 2.05) is 30.3 Å². The second-order valence-corrected chi connectivity index (χ2v) is 5.95. The smallest absolute Gasteiger partial charge is 0.173 e. The SMILES string of the molecule is S=C(Nc1ccccc1)N(Cc1ccsc1)C1CC1. The Hall–Kier alpha value is -1.39. The summed E-state index contributed by atoms with van der Waals surface area (Å²) in [6.07, 6.45) is 2.50. The number of hydrogen-bond acceptors (Lipinski definition) is 2. The van der Waals surface area contributed by atoms with E-state index in [1.165, 1.54) is 18.4 Å². The number of benzene rings is 1. The zero-order valence-electron chi connectivity index (χ0n) is 10.6. The van der Waals surface area contributed by atoms with Crippen LogP contribution >= 0.6 is 23.6 Å². The van der Waals surface area contributed by atoms with E-state index in [1.54, 1.807) is 11.3 Å². The predicted octanol–water partition coefficient (Wildman–Crippen LogP) is 4.11. The second kappa shape index (κ2) is 5.72. The molecule has 1 aliphatic carbocycles. The molecule has 3 rings (SSSR count). The third-order valence-corrected chi connectivity index (χ3v) is 4.28. The third-order valence-electron chi connectivity index (χ3n) is 3.21. The maximum Gasteiger partial charge on any atom is 0.173 e. The number of thiophene rings is 1. The Bertz CT molecular complexity index is 533. The zero-order chi connectivity index (χ0) is 13.1. The summed E-state index contributed by atoms with van der Waals surface area (Å²) in [7, 11) is 0. The average Bonchev–Trinajstić information content (AvgIpc) is 3.14. The molecule has 4 heteroatoms. The van der Waals surface area contributed by atoms with Crippen molar-refractivity contribution >= 4 is 34.4 Å². The summed E-state index contributed by atoms with van der Waals surface area (Å²) in [4.78, 5) is 2.31. The first-order valence-electron chi connectivity index (χ1n) is 6.46. The maximum absolute atomic E-state index is 5.57. The lowest BCUT2D eigenvalue weighted by atomic mass is 10.3. The van der Waals surface area contributed by atoms with Crippen molar-refractivity contribution in [1.82, 2.24) is 4.90 Å². The number of nitrogens with zero attached hydrogens (tertiary/aromatic N) is 1. The van der Waals surface area contributed by atoms with Crippen LogP contribution in [0.3, 0.4) is 0 Å². The van der Waals surface area contributed by atoms with E-state index < -0.39 is 0 Å². The van der Waals surface area contributed by atoms with Crippen LogP contribution in [-0.4, -0.2) is 16.1 Å². The van der Waals surface area contributed by atoms with Gasteiger partial charge in [0.15, 0.2) is 5.11 Å². The lowest BCUT2D eigenvalue weighted by Gasteiger charge is -2.25. The maximum atomic E-state index is 5.57. The molecule has 0 radical (unpaired) electrons. The summed E-state index contributed by atoms with van der Waals surface area (Å²) < 4.78 is 0. The first-order valence-corrected chi connectivity index (χ1v) is 7.82. The van der Waals surface area contributed by atoms with E-state index in [2.05, 4.69) is 27.0 Å². The van der Waals surface area contributed by atoms with Crippen molar-refractivity contribution < 1.29 is 0 Å². The van der Waals surface area contributed by atoms with Gasteiger partial charge >= 0.3 is 0 Å². The zero-order valence-corrected chi connectivity index (χ0v) is 12.2. The van der Waals surface area contributed by atoms with Crippen molar-refractivity contribution in [1.29, 1.82) is 0 Å². The molecule has 2 nitrogen and oxygen atoms in total. The molecule has 0 saturated heterocycles. The minimum atomic E-state index is 0.614. The topological polar surface area (TPSA) is 15.3 Å². The molecule has 98 valence electrons. The normalized spacial score (nSPS) is 14.1. The molecule has 1 fully saturated rings. The molecule has 1 saturated carbocycles. The summed E-state index contributed by atoms with van der Waals surface area (Å²) >= 11 is 7.30. The van der Waals surface area contributed by atoms with Gasteiger partial charge in [0.1, 0.15) is 0 Å². The van der Waals surface area contributed by atoms with E-state index in [9.17, 15) is 0 Å². The molecule has 1 aromatic carbocycles. The van der Waals surface area contributed by atoms with Gasteiger partial charge in [-0.15, -0.1) is 0 Å². The molecule has 1 N–H and O–H groups in total. The first-order chi connectivity index (χ1) is 9.33. The van der Waals surface area contributed by atoms with Gasteiger partial charge in [-0.25, -0.2) is 0 Å². The molecule has 1 aliphatic rings. The van der Waals surface area contributed by atoms with Crippen LogP contribution in [0.1, 0.15) is 18.4 Å². The molecule has 0 bridgehead atoms. The van der Waals surface area contributed by atoms with E-state index in [0.29, 0.717) is 6.04 Å². The fraction of sp³-hybridized carbons (Fsp3) is 0.267. The van der Waals surface area contributed by atoms with Crippen LogP contribution in [0.5, 0.6) is 0 Å². The molecule has 0 amide bonds. The molecule has 0 unspecified atom stereocenters. The standard InChI is InChI=1S/C15H16N2S2/c18-15(16-13-4-2-1-3-5-13)17(14-6-7-14)10-12-8-9-19-11-12/h1-5,8-9,11,14H,6-7,10H2,(H,16,18). The van der Waals surface area contributed by atoms with Gasteiger partial charge in [-0.2, -0.15) is 11.3 Å². The summed E-state index contributed by atoms with van der Waals surface area (Å²) in [6.45, 7) is 0.910. The van der Waals surface area contributed by atoms with Crippen molar-refractivity contribution in [3.8, 4) is 0 Å².